The van der Waals surface area contributed by atoms with Crippen LogP contribution in [0.5, 0.6) is 5.75 Å². The van der Waals surface area contributed by atoms with Crippen LogP contribution in [0, 0.1) is 0 Å². The quantitative estimate of drug-likeness (QED) is 0.839. The highest BCUT2D eigenvalue weighted by molar-refractivity contribution is 5.46. The minimum Gasteiger partial charge on any atom is -0.435 e. The van der Waals surface area contributed by atoms with Gasteiger partial charge in [-0.25, -0.2) is 0 Å². The molecule has 1 N–H and O–H groups in total. The van der Waals surface area contributed by atoms with Crippen molar-refractivity contribution in [1.82, 2.24) is 0 Å². The minimum absolute atomic E-state index is 0.168. The van der Waals surface area contributed by atoms with Crippen molar-refractivity contribution in [3.8, 4) is 5.75 Å². The van der Waals surface area contributed by atoms with Crippen molar-refractivity contribution in [3.05, 3.63) is 60.2 Å². The molecule has 0 fully saturated rings. The summed E-state index contributed by atoms with van der Waals surface area (Å²) < 4.78 is 28.4. The predicted molar refractivity (Wildman–Crippen MR) is 76.4 cm³/mol. The Hall–Kier alpha value is -2.10. The van der Waals surface area contributed by atoms with E-state index in [2.05, 4.69) is 29.1 Å². The first-order valence-electron chi connectivity index (χ1n) is 6.49. The number of nitrogens with one attached hydrogen (secondary N) is 1. The van der Waals surface area contributed by atoms with Gasteiger partial charge in [-0.15, -0.1) is 0 Å². The lowest BCUT2D eigenvalue weighted by Gasteiger charge is -2.14. The van der Waals surface area contributed by atoms with Gasteiger partial charge in [0.05, 0.1) is 0 Å². The molecule has 1 atom stereocenters. The van der Waals surface area contributed by atoms with Crippen LogP contribution in [0.1, 0.15) is 18.4 Å². The van der Waals surface area contributed by atoms with E-state index in [1.165, 1.54) is 17.7 Å². The maximum Gasteiger partial charge on any atom is 0.387 e. The molecule has 0 spiro atoms. The van der Waals surface area contributed by atoms with Crippen LogP contribution in [0.15, 0.2) is 54.6 Å². The number of halogens is 2. The highest BCUT2D eigenvalue weighted by atomic mass is 19.3. The molecule has 20 heavy (non-hydrogen) atoms. The fraction of sp³-hybridized carbons (Fsp3) is 0.250. The number of ether oxygens (including phenoxy) is 1. The lowest BCUT2D eigenvalue weighted by molar-refractivity contribution is -0.0498. The van der Waals surface area contributed by atoms with Crippen molar-refractivity contribution in [2.75, 3.05) is 11.9 Å². The first-order chi connectivity index (χ1) is 9.65. The molecule has 0 radical (unpaired) electrons. The lowest BCUT2D eigenvalue weighted by Crippen LogP contribution is -2.09. The normalized spacial score (nSPS) is 12.2. The smallest absolute Gasteiger partial charge is 0.387 e. The highest BCUT2D eigenvalue weighted by Gasteiger charge is 2.06. The molecule has 0 aliphatic carbocycles. The van der Waals surface area contributed by atoms with Crippen LogP contribution < -0.4 is 10.1 Å². The van der Waals surface area contributed by atoms with Crippen LogP contribution >= 0.6 is 0 Å². The first-order valence-corrected chi connectivity index (χ1v) is 6.49. The molecule has 0 aromatic heterocycles. The van der Waals surface area contributed by atoms with Gasteiger partial charge in [0.15, 0.2) is 0 Å². The van der Waals surface area contributed by atoms with Gasteiger partial charge in [-0.2, -0.15) is 8.78 Å². The summed E-state index contributed by atoms with van der Waals surface area (Å²) in [5.41, 5.74) is 2.15. The van der Waals surface area contributed by atoms with Gasteiger partial charge in [-0.05, 0) is 35.7 Å². The van der Waals surface area contributed by atoms with Crippen LogP contribution in [-0.4, -0.2) is 13.2 Å². The van der Waals surface area contributed by atoms with E-state index >= 15 is 0 Å². The molecule has 0 amide bonds. The van der Waals surface area contributed by atoms with E-state index in [0.717, 1.165) is 12.2 Å². The van der Waals surface area contributed by atoms with Crippen LogP contribution in [0.4, 0.5) is 14.5 Å². The van der Waals surface area contributed by atoms with Crippen molar-refractivity contribution < 1.29 is 13.5 Å². The zero-order valence-electron chi connectivity index (χ0n) is 11.2. The van der Waals surface area contributed by atoms with Gasteiger partial charge in [0, 0.05) is 12.2 Å². The third kappa shape index (κ3) is 4.23. The molecule has 1 unspecified atom stereocenters. The predicted octanol–water partition coefficient (Wildman–Crippen LogP) is 4.50. The lowest BCUT2D eigenvalue weighted by atomic mass is 10.0. The number of anilines is 1. The van der Waals surface area contributed by atoms with Gasteiger partial charge in [0.2, 0.25) is 0 Å². The van der Waals surface area contributed by atoms with Crippen molar-refractivity contribution >= 4 is 5.69 Å². The van der Waals surface area contributed by atoms with Gasteiger partial charge in [0.1, 0.15) is 5.75 Å². The Bertz CT molecular complexity index is 514. The Morgan fingerprint density at radius 3 is 2.25 bits per heavy atom. The third-order valence-corrected chi connectivity index (χ3v) is 3.06. The molecule has 2 nitrogen and oxygen atoms in total. The Labute approximate surface area is 117 Å². The molecular formula is C16H17F2NO. The highest BCUT2D eigenvalue weighted by Crippen LogP contribution is 2.19. The summed E-state index contributed by atoms with van der Waals surface area (Å²) in [7, 11) is 0. The van der Waals surface area contributed by atoms with Crippen molar-refractivity contribution in [2.45, 2.75) is 19.5 Å². The zero-order valence-corrected chi connectivity index (χ0v) is 11.2. The topological polar surface area (TPSA) is 21.3 Å². The van der Waals surface area contributed by atoms with E-state index in [4.69, 9.17) is 0 Å². The Balaban J connectivity index is 1.88. The summed E-state index contributed by atoms with van der Waals surface area (Å²) in [4.78, 5) is 0. The second-order valence-electron chi connectivity index (χ2n) is 4.60. The van der Waals surface area contributed by atoms with Crippen molar-refractivity contribution in [2.24, 2.45) is 0 Å². The molecule has 0 saturated carbocycles. The fourth-order valence-electron chi connectivity index (χ4n) is 1.92. The average Bonchev–Trinajstić information content (AvgIpc) is 2.46. The monoisotopic (exact) mass is 277 g/mol. The number of rotatable bonds is 6. The van der Waals surface area contributed by atoms with Gasteiger partial charge >= 0.3 is 6.61 Å². The molecule has 0 aliphatic heterocycles. The average molecular weight is 277 g/mol. The van der Waals surface area contributed by atoms with E-state index in [0.29, 0.717) is 5.92 Å². The largest absolute Gasteiger partial charge is 0.435 e. The molecule has 2 aromatic carbocycles. The SMILES string of the molecule is CC(CNc1ccc(OC(F)F)cc1)c1ccccc1. The van der Waals surface area contributed by atoms with E-state index in [1.54, 1.807) is 12.1 Å². The molecular weight excluding hydrogens is 260 g/mol. The van der Waals surface area contributed by atoms with Crippen LogP contribution in [0.25, 0.3) is 0 Å². The number of benzene rings is 2. The van der Waals surface area contributed by atoms with E-state index in [-0.39, 0.29) is 5.75 Å². The van der Waals surface area contributed by atoms with Gasteiger partial charge in [0.25, 0.3) is 0 Å². The Morgan fingerprint density at radius 2 is 1.65 bits per heavy atom. The third-order valence-electron chi connectivity index (χ3n) is 3.06. The zero-order chi connectivity index (χ0) is 14.4. The van der Waals surface area contributed by atoms with E-state index < -0.39 is 6.61 Å². The molecule has 0 aliphatic rings. The second-order valence-corrected chi connectivity index (χ2v) is 4.60. The summed E-state index contributed by atoms with van der Waals surface area (Å²) >= 11 is 0. The summed E-state index contributed by atoms with van der Waals surface area (Å²) in [6.45, 7) is 0.127. The van der Waals surface area contributed by atoms with Crippen LogP contribution in [0.3, 0.4) is 0 Å². The Morgan fingerprint density at radius 1 is 1.00 bits per heavy atom. The number of hydrogen-bond donors (Lipinski definition) is 1. The molecule has 0 saturated heterocycles. The van der Waals surface area contributed by atoms with Crippen molar-refractivity contribution in [3.63, 3.8) is 0 Å². The summed E-state index contributed by atoms with van der Waals surface area (Å²) in [5, 5.41) is 3.28. The van der Waals surface area contributed by atoms with E-state index in [1.807, 2.05) is 18.2 Å². The van der Waals surface area contributed by atoms with E-state index in [9.17, 15) is 8.78 Å². The van der Waals surface area contributed by atoms with Gasteiger partial charge < -0.3 is 10.1 Å². The van der Waals surface area contributed by atoms with Crippen LogP contribution in [-0.2, 0) is 0 Å². The summed E-state index contributed by atoms with van der Waals surface area (Å²) in [6, 6.07) is 16.7. The maximum atomic E-state index is 12.0. The Kier molecular flexibility index (Phi) is 4.93. The van der Waals surface area contributed by atoms with Gasteiger partial charge in [-0.3, -0.25) is 0 Å². The first kappa shape index (κ1) is 14.3. The summed E-state index contributed by atoms with van der Waals surface area (Å²) in [5.74, 6) is 0.537. The standard InChI is InChI=1S/C16H17F2NO/c1-12(13-5-3-2-4-6-13)11-19-14-7-9-15(10-8-14)20-16(17)18/h2-10,12,16,19H,11H2,1H3. The minimum atomic E-state index is -2.79. The maximum absolute atomic E-state index is 12.0. The van der Waals surface area contributed by atoms with Crippen molar-refractivity contribution in [1.29, 1.82) is 0 Å². The molecule has 0 bridgehead atoms. The number of hydrogen-bond acceptors (Lipinski definition) is 2. The molecule has 4 heteroatoms. The summed E-state index contributed by atoms with van der Waals surface area (Å²) in [6.07, 6.45) is 0. The molecule has 0 heterocycles. The van der Waals surface area contributed by atoms with Gasteiger partial charge in [-0.1, -0.05) is 37.3 Å². The fourth-order valence-corrected chi connectivity index (χ4v) is 1.92. The second kappa shape index (κ2) is 6.89. The number of alkyl halides is 2. The van der Waals surface area contributed by atoms with Crippen LogP contribution in [0.2, 0.25) is 0 Å². The molecule has 106 valence electrons. The molecule has 2 aromatic rings. The molecule has 2 rings (SSSR count).